The molecule has 4 nitrogen and oxygen atoms in total. The van der Waals surface area contributed by atoms with Gasteiger partial charge in [-0.1, -0.05) is 0 Å². The van der Waals surface area contributed by atoms with Gasteiger partial charge in [0.15, 0.2) is 11.6 Å². The molecule has 3 rings (SSSR count). The van der Waals surface area contributed by atoms with E-state index in [0.29, 0.717) is 18.9 Å². The predicted octanol–water partition coefficient (Wildman–Crippen LogP) is 1.99. The first kappa shape index (κ1) is 19.4. The second-order valence-corrected chi connectivity index (χ2v) is 5.21. The lowest BCUT2D eigenvalue weighted by atomic mass is 10.1. The molecule has 0 spiro atoms. The van der Waals surface area contributed by atoms with Crippen LogP contribution in [-0.2, 0) is 11.3 Å². The fourth-order valence-electron chi connectivity index (χ4n) is 2.94. The van der Waals surface area contributed by atoms with Crippen LogP contribution in [0, 0.1) is 11.6 Å². The topological polar surface area (TPSA) is 33.7 Å². The summed E-state index contributed by atoms with van der Waals surface area (Å²) in [5, 5.41) is 3.39. The summed E-state index contributed by atoms with van der Waals surface area (Å²) >= 11 is 0. The highest BCUT2D eigenvalue weighted by Gasteiger charge is 2.35. The van der Waals surface area contributed by atoms with Crippen LogP contribution in [0.4, 0.5) is 8.78 Å². The second-order valence-electron chi connectivity index (χ2n) is 5.21. The standard InChI is InChI=1S/C14H18F2N2O2.2ClH/c1-19-12-3-2-10(15)14(16)9(12)6-18-7-11-13(8-18)20-5-4-17-11;;/h2-3,11,13,17H,4-8H2,1H3;2*1H/t11-,13-;;/m0../s1. The molecule has 0 aromatic heterocycles. The van der Waals surface area contributed by atoms with Crippen molar-refractivity contribution in [2.24, 2.45) is 0 Å². The zero-order chi connectivity index (χ0) is 14.1. The van der Waals surface area contributed by atoms with E-state index in [4.69, 9.17) is 9.47 Å². The molecule has 2 heterocycles. The van der Waals surface area contributed by atoms with Crippen molar-refractivity contribution >= 4 is 24.8 Å². The van der Waals surface area contributed by atoms with Gasteiger partial charge in [-0.15, -0.1) is 24.8 Å². The number of rotatable bonds is 3. The zero-order valence-corrected chi connectivity index (χ0v) is 13.8. The molecule has 2 fully saturated rings. The molecular weight excluding hydrogens is 337 g/mol. The third-order valence-electron chi connectivity index (χ3n) is 3.94. The summed E-state index contributed by atoms with van der Waals surface area (Å²) in [6.45, 7) is 3.35. The largest absolute Gasteiger partial charge is 0.496 e. The quantitative estimate of drug-likeness (QED) is 0.897. The summed E-state index contributed by atoms with van der Waals surface area (Å²) in [5.41, 5.74) is 0.270. The first-order chi connectivity index (χ1) is 9.69. The maximum absolute atomic E-state index is 13.9. The second kappa shape index (κ2) is 8.26. The average Bonchev–Trinajstić information content (AvgIpc) is 2.86. The third-order valence-corrected chi connectivity index (χ3v) is 3.94. The van der Waals surface area contributed by atoms with Gasteiger partial charge in [-0.05, 0) is 12.1 Å². The highest BCUT2D eigenvalue weighted by molar-refractivity contribution is 5.85. The molecule has 2 aliphatic rings. The van der Waals surface area contributed by atoms with E-state index in [1.165, 1.54) is 13.2 Å². The van der Waals surface area contributed by atoms with Crippen LogP contribution in [0.15, 0.2) is 12.1 Å². The Bertz CT molecular complexity index is 494. The number of fused-ring (bicyclic) bond motifs is 1. The summed E-state index contributed by atoms with van der Waals surface area (Å²) in [4.78, 5) is 2.06. The summed E-state index contributed by atoms with van der Waals surface area (Å²) < 4.78 is 38.1. The van der Waals surface area contributed by atoms with E-state index in [1.54, 1.807) is 0 Å². The lowest BCUT2D eigenvalue weighted by molar-refractivity contribution is 0.0175. The summed E-state index contributed by atoms with van der Waals surface area (Å²) in [6, 6.07) is 2.82. The van der Waals surface area contributed by atoms with Gasteiger partial charge in [-0.2, -0.15) is 0 Å². The van der Waals surface area contributed by atoms with Crippen LogP contribution < -0.4 is 10.1 Å². The van der Waals surface area contributed by atoms with Crippen molar-refractivity contribution in [3.63, 3.8) is 0 Å². The van der Waals surface area contributed by atoms with Crippen molar-refractivity contribution in [1.29, 1.82) is 0 Å². The number of ether oxygens (including phenoxy) is 2. The highest BCUT2D eigenvalue weighted by atomic mass is 35.5. The van der Waals surface area contributed by atoms with E-state index < -0.39 is 11.6 Å². The van der Waals surface area contributed by atoms with Crippen LogP contribution in [0.25, 0.3) is 0 Å². The normalized spacial score (nSPS) is 24.1. The molecule has 2 aliphatic heterocycles. The molecule has 0 unspecified atom stereocenters. The number of halogens is 4. The SMILES string of the molecule is COc1ccc(F)c(F)c1CN1C[C@@H]2NCCO[C@H]2C1.Cl.Cl. The number of hydrogen-bond acceptors (Lipinski definition) is 4. The Kier molecular flexibility index (Phi) is 7.28. The number of morpholine rings is 1. The minimum Gasteiger partial charge on any atom is -0.496 e. The average molecular weight is 357 g/mol. The van der Waals surface area contributed by atoms with E-state index in [-0.39, 0.29) is 42.5 Å². The van der Waals surface area contributed by atoms with Gasteiger partial charge >= 0.3 is 0 Å². The minimum absolute atomic E-state index is 0. The van der Waals surface area contributed by atoms with Crippen molar-refractivity contribution in [3.05, 3.63) is 29.3 Å². The van der Waals surface area contributed by atoms with Gasteiger partial charge in [0.25, 0.3) is 0 Å². The molecule has 1 N–H and O–H groups in total. The number of nitrogens with one attached hydrogen (secondary N) is 1. The highest BCUT2D eigenvalue weighted by Crippen LogP contribution is 2.27. The van der Waals surface area contributed by atoms with Gasteiger partial charge in [-0.25, -0.2) is 8.78 Å². The van der Waals surface area contributed by atoms with Crippen LogP contribution in [0.5, 0.6) is 5.75 Å². The molecule has 126 valence electrons. The minimum atomic E-state index is -0.841. The molecule has 2 saturated heterocycles. The monoisotopic (exact) mass is 356 g/mol. The first-order valence-electron chi connectivity index (χ1n) is 6.77. The molecular formula is C14H20Cl2F2N2O2. The van der Waals surface area contributed by atoms with Crippen molar-refractivity contribution in [3.8, 4) is 5.75 Å². The molecule has 0 amide bonds. The Labute approximate surface area is 141 Å². The molecule has 8 heteroatoms. The lowest BCUT2D eigenvalue weighted by Crippen LogP contribution is -2.47. The van der Waals surface area contributed by atoms with Crippen LogP contribution >= 0.6 is 24.8 Å². The summed E-state index contributed by atoms with van der Waals surface area (Å²) in [6.07, 6.45) is 0.131. The van der Waals surface area contributed by atoms with Gasteiger partial charge in [0.2, 0.25) is 0 Å². The van der Waals surface area contributed by atoms with Gasteiger partial charge in [0.05, 0.1) is 19.8 Å². The number of benzene rings is 1. The Morgan fingerprint density at radius 2 is 2.09 bits per heavy atom. The third kappa shape index (κ3) is 3.81. The van der Waals surface area contributed by atoms with E-state index in [0.717, 1.165) is 25.7 Å². The Hall–Kier alpha value is -0.660. The molecule has 0 saturated carbocycles. The Morgan fingerprint density at radius 1 is 1.32 bits per heavy atom. The van der Waals surface area contributed by atoms with Crippen LogP contribution in [0.2, 0.25) is 0 Å². The number of methoxy groups -OCH3 is 1. The van der Waals surface area contributed by atoms with Crippen LogP contribution in [-0.4, -0.2) is 50.4 Å². The van der Waals surface area contributed by atoms with Crippen molar-refractivity contribution in [1.82, 2.24) is 10.2 Å². The predicted molar refractivity (Wildman–Crippen MR) is 84.2 cm³/mol. The van der Waals surface area contributed by atoms with E-state index in [2.05, 4.69) is 10.2 Å². The molecule has 22 heavy (non-hydrogen) atoms. The van der Waals surface area contributed by atoms with Gasteiger partial charge < -0.3 is 14.8 Å². The number of likely N-dealkylation sites (tertiary alicyclic amines) is 1. The molecule has 1 aromatic carbocycles. The Morgan fingerprint density at radius 3 is 2.77 bits per heavy atom. The van der Waals surface area contributed by atoms with E-state index >= 15 is 0 Å². The van der Waals surface area contributed by atoms with Gasteiger partial charge in [0, 0.05) is 37.8 Å². The molecule has 0 radical (unpaired) electrons. The van der Waals surface area contributed by atoms with Gasteiger partial charge in [0.1, 0.15) is 5.75 Å². The number of hydrogen-bond donors (Lipinski definition) is 1. The van der Waals surface area contributed by atoms with Crippen LogP contribution in [0.1, 0.15) is 5.56 Å². The molecule has 1 aromatic rings. The Balaban J connectivity index is 0.00000121. The lowest BCUT2D eigenvalue weighted by Gasteiger charge is -2.25. The fraction of sp³-hybridized carbons (Fsp3) is 0.571. The van der Waals surface area contributed by atoms with E-state index in [1.807, 2.05) is 0 Å². The summed E-state index contributed by atoms with van der Waals surface area (Å²) in [7, 11) is 1.46. The molecule has 2 atom stereocenters. The van der Waals surface area contributed by atoms with Crippen molar-refractivity contribution in [2.45, 2.75) is 18.7 Å². The molecule has 0 bridgehead atoms. The van der Waals surface area contributed by atoms with Crippen LogP contribution in [0.3, 0.4) is 0 Å². The fourth-order valence-corrected chi connectivity index (χ4v) is 2.94. The summed E-state index contributed by atoms with van der Waals surface area (Å²) in [5.74, 6) is -1.28. The van der Waals surface area contributed by atoms with Crippen molar-refractivity contribution in [2.75, 3.05) is 33.4 Å². The zero-order valence-electron chi connectivity index (χ0n) is 12.2. The van der Waals surface area contributed by atoms with E-state index in [9.17, 15) is 8.78 Å². The smallest absolute Gasteiger partial charge is 0.167 e. The van der Waals surface area contributed by atoms with Gasteiger partial charge in [-0.3, -0.25) is 4.90 Å². The maximum atomic E-state index is 13.9. The number of nitrogens with zero attached hydrogens (tertiary/aromatic N) is 1. The molecule has 0 aliphatic carbocycles. The van der Waals surface area contributed by atoms with Crippen molar-refractivity contribution < 1.29 is 18.3 Å². The first-order valence-corrected chi connectivity index (χ1v) is 6.77. The maximum Gasteiger partial charge on any atom is 0.167 e.